The second-order valence-electron chi connectivity index (χ2n) is 5.17. The third-order valence-electron chi connectivity index (χ3n) is 3.25. The molecule has 1 N–H and O–H groups in total. The van der Waals surface area contributed by atoms with Crippen LogP contribution in [-0.2, 0) is 6.54 Å². The van der Waals surface area contributed by atoms with Crippen LogP contribution in [0.5, 0.6) is 5.75 Å². The predicted molar refractivity (Wildman–Crippen MR) is 98.0 cm³/mol. The first-order valence-electron chi connectivity index (χ1n) is 7.84. The molecule has 0 fully saturated rings. The largest absolute Gasteiger partial charge is 0.494 e. The van der Waals surface area contributed by atoms with Crippen LogP contribution in [0, 0.1) is 0 Å². The van der Waals surface area contributed by atoms with Crippen molar-refractivity contribution in [3.63, 3.8) is 0 Å². The van der Waals surface area contributed by atoms with Crippen LogP contribution in [0.25, 0.3) is 0 Å². The molecule has 0 aromatic heterocycles. The fraction of sp³-hybridized carbons (Fsp3) is 0.588. The SMILES string of the molecule is CCNC(=NCC(C)SC)N(C)Cc1ccc(OCC)cc1. The van der Waals surface area contributed by atoms with Crippen molar-refractivity contribution in [1.29, 1.82) is 0 Å². The van der Waals surface area contributed by atoms with E-state index in [1.165, 1.54) is 5.56 Å². The first-order valence-corrected chi connectivity index (χ1v) is 9.13. The number of thioether (sulfide) groups is 1. The van der Waals surface area contributed by atoms with Gasteiger partial charge in [0.1, 0.15) is 5.75 Å². The summed E-state index contributed by atoms with van der Waals surface area (Å²) in [6, 6.07) is 8.25. The zero-order chi connectivity index (χ0) is 16.4. The molecule has 1 aromatic rings. The lowest BCUT2D eigenvalue weighted by molar-refractivity contribution is 0.340. The van der Waals surface area contributed by atoms with E-state index in [4.69, 9.17) is 9.73 Å². The molecule has 0 bridgehead atoms. The summed E-state index contributed by atoms with van der Waals surface area (Å²) >= 11 is 1.84. The van der Waals surface area contributed by atoms with Crippen LogP contribution in [0.4, 0.5) is 0 Å². The van der Waals surface area contributed by atoms with Crippen molar-refractivity contribution >= 4 is 17.7 Å². The maximum absolute atomic E-state index is 5.48. The average molecular weight is 324 g/mol. The van der Waals surface area contributed by atoms with Crippen LogP contribution >= 0.6 is 11.8 Å². The molecule has 0 aliphatic carbocycles. The van der Waals surface area contributed by atoms with E-state index in [0.717, 1.165) is 31.3 Å². The van der Waals surface area contributed by atoms with Gasteiger partial charge in [-0.05, 0) is 37.8 Å². The Morgan fingerprint density at radius 2 is 2.00 bits per heavy atom. The van der Waals surface area contributed by atoms with Gasteiger partial charge in [0.2, 0.25) is 0 Å². The van der Waals surface area contributed by atoms with Crippen molar-refractivity contribution in [2.45, 2.75) is 32.6 Å². The first kappa shape index (κ1) is 18.7. The minimum atomic E-state index is 0.535. The Bertz CT molecular complexity index is 448. The zero-order valence-corrected chi connectivity index (χ0v) is 15.2. The minimum Gasteiger partial charge on any atom is -0.494 e. The summed E-state index contributed by atoms with van der Waals surface area (Å²) in [4.78, 5) is 6.87. The topological polar surface area (TPSA) is 36.9 Å². The van der Waals surface area contributed by atoms with E-state index in [2.05, 4.69) is 49.5 Å². The molecular weight excluding hydrogens is 294 g/mol. The molecule has 0 heterocycles. The van der Waals surface area contributed by atoms with E-state index in [-0.39, 0.29) is 0 Å². The van der Waals surface area contributed by atoms with E-state index >= 15 is 0 Å². The Hall–Kier alpha value is -1.36. The molecule has 1 atom stereocenters. The Morgan fingerprint density at radius 3 is 2.55 bits per heavy atom. The molecule has 1 aromatic carbocycles. The molecule has 5 heteroatoms. The predicted octanol–water partition coefficient (Wildman–Crippen LogP) is 3.23. The molecule has 1 unspecified atom stereocenters. The Balaban J connectivity index is 2.67. The van der Waals surface area contributed by atoms with E-state index in [1.807, 2.05) is 30.8 Å². The maximum Gasteiger partial charge on any atom is 0.193 e. The number of hydrogen-bond donors (Lipinski definition) is 1. The van der Waals surface area contributed by atoms with Gasteiger partial charge in [-0.25, -0.2) is 0 Å². The molecule has 124 valence electrons. The van der Waals surface area contributed by atoms with Gasteiger partial charge in [-0.3, -0.25) is 4.99 Å². The Labute approximate surface area is 139 Å². The molecule has 4 nitrogen and oxygen atoms in total. The van der Waals surface area contributed by atoms with Gasteiger partial charge >= 0.3 is 0 Å². The van der Waals surface area contributed by atoms with Crippen molar-refractivity contribution in [2.75, 3.05) is 33.0 Å². The third-order valence-corrected chi connectivity index (χ3v) is 4.20. The number of aliphatic imine (C=N–C) groups is 1. The van der Waals surface area contributed by atoms with Crippen molar-refractivity contribution in [3.05, 3.63) is 29.8 Å². The summed E-state index contributed by atoms with van der Waals surface area (Å²) < 4.78 is 5.48. The Kier molecular flexibility index (Phi) is 8.82. The summed E-state index contributed by atoms with van der Waals surface area (Å²) in [6.45, 7) is 9.52. The smallest absolute Gasteiger partial charge is 0.193 e. The summed E-state index contributed by atoms with van der Waals surface area (Å²) in [5.41, 5.74) is 1.24. The van der Waals surface area contributed by atoms with Crippen molar-refractivity contribution in [3.8, 4) is 5.75 Å². The molecule has 1 rings (SSSR count). The van der Waals surface area contributed by atoms with Crippen LogP contribution in [0.3, 0.4) is 0 Å². The van der Waals surface area contributed by atoms with Crippen LogP contribution in [0.15, 0.2) is 29.3 Å². The Morgan fingerprint density at radius 1 is 1.32 bits per heavy atom. The number of nitrogens with zero attached hydrogens (tertiary/aromatic N) is 2. The molecule has 0 aliphatic heterocycles. The highest BCUT2D eigenvalue weighted by Gasteiger charge is 2.07. The minimum absolute atomic E-state index is 0.535. The van der Waals surface area contributed by atoms with Gasteiger partial charge in [0.05, 0.1) is 13.2 Å². The average Bonchev–Trinajstić information content (AvgIpc) is 2.53. The highest BCUT2D eigenvalue weighted by molar-refractivity contribution is 7.99. The van der Waals surface area contributed by atoms with Gasteiger partial charge in [-0.2, -0.15) is 11.8 Å². The number of rotatable bonds is 8. The molecule has 0 saturated heterocycles. The lowest BCUT2D eigenvalue weighted by Gasteiger charge is -2.22. The molecular formula is C17H29N3OS. The fourth-order valence-corrected chi connectivity index (χ4v) is 2.19. The van der Waals surface area contributed by atoms with Gasteiger partial charge in [-0.15, -0.1) is 0 Å². The summed E-state index contributed by atoms with van der Waals surface area (Å²) in [6.07, 6.45) is 2.12. The van der Waals surface area contributed by atoms with Crippen LogP contribution in [-0.4, -0.2) is 49.1 Å². The van der Waals surface area contributed by atoms with Crippen molar-refractivity contribution in [1.82, 2.24) is 10.2 Å². The van der Waals surface area contributed by atoms with E-state index in [1.54, 1.807) is 0 Å². The van der Waals surface area contributed by atoms with E-state index in [0.29, 0.717) is 11.9 Å². The van der Waals surface area contributed by atoms with Gasteiger partial charge in [0.15, 0.2) is 5.96 Å². The molecule has 0 amide bonds. The van der Waals surface area contributed by atoms with E-state index in [9.17, 15) is 0 Å². The van der Waals surface area contributed by atoms with Gasteiger partial charge in [0, 0.05) is 25.4 Å². The van der Waals surface area contributed by atoms with Crippen LogP contribution in [0.2, 0.25) is 0 Å². The monoisotopic (exact) mass is 323 g/mol. The number of ether oxygens (including phenoxy) is 1. The van der Waals surface area contributed by atoms with Gasteiger partial charge in [0.25, 0.3) is 0 Å². The lowest BCUT2D eigenvalue weighted by atomic mass is 10.2. The van der Waals surface area contributed by atoms with Crippen LogP contribution < -0.4 is 10.1 Å². The van der Waals surface area contributed by atoms with Gasteiger partial charge < -0.3 is 15.0 Å². The zero-order valence-electron chi connectivity index (χ0n) is 14.4. The van der Waals surface area contributed by atoms with Gasteiger partial charge in [-0.1, -0.05) is 19.1 Å². The fourth-order valence-electron chi connectivity index (χ4n) is 1.97. The third kappa shape index (κ3) is 6.60. The molecule has 22 heavy (non-hydrogen) atoms. The number of nitrogens with one attached hydrogen (secondary N) is 1. The normalized spacial score (nSPS) is 12.9. The standard InChI is InChI=1S/C17H29N3OS/c1-6-18-17(19-12-14(3)22-5)20(4)13-15-8-10-16(11-9-15)21-7-2/h8-11,14H,6-7,12-13H2,1-5H3,(H,18,19). The summed E-state index contributed by atoms with van der Waals surface area (Å²) in [5.74, 6) is 1.88. The quantitative estimate of drug-likeness (QED) is 0.589. The highest BCUT2D eigenvalue weighted by Crippen LogP contribution is 2.13. The van der Waals surface area contributed by atoms with Crippen molar-refractivity contribution < 1.29 is 4.74 Å². The maximum atomic E-state index is 5.48. The number of guanidine groups is 1. The van der Waals surface area contributed by atoms with Crippen LogP contribution in [0.1, 0.15) is 26.3 Å². The highest BCUT2D eigenvalue weighted by atomic mass is 32.2. The second kappa shape index (κ2) is 10.4. The number of hydrogen-bond acceptors (Lipinski definition) is 3. The molecule has 0 radical (unpaired) electrons. The first-order chi connectivity index (χ1) is 10.6. The molecule has 0 aliphatic rings. The van der Waals surface area contributed by atoms with E-state index < -0.39 is 0 Å². The summed E-state index contributed by atoms with van der Waals surface area (Å²) in [7, 11) is 2.07. The molecule has 0 spiro atoms. The summed E-state index contributed by atoms with van der Waals surface area (Å²) in [5, 5.41) is 3.89. The second-order valence-corrected chi connectivity index (χ2v) is 6.45. The molecule has 0 saturated carbocycles. The number of benzene rings is 1. The lowest BCUT2D eigenvalue weighted by Crippen LogP contribution is -2.38. The van der Waals surface area contributed by atoms with Crippen molar-refractivity contribution in [2.24, 2.45) is 4.99 Å².